The Balaban J connectivity index is 2.84. The van der Waals surface area contributed by atoms with Gasteiger partial charge < -0.3 is 5.73 Å². The molecular weight excluding hydrogens is 281 g/mol. The van der Waals surface area contributed by atoms with Crippen LogP contribution in [0.25, 0.3) is 11.3 Å². The first-order chi connectivity index (χ1) is 9.27. The Kier molecular flexibility index (Phi) is 3.41. The van der Waals surface area contributed by atoms with Crippen molar-refractivity contribution < 1.29 is 22.0 Å². The van der Waals surface area contributed by atoms with Crippen molar-refractivity contribution in [3.63, 3.8) is 0 Å². The molecule has 2 aromatic rings. The summed E-state index contributed by atoms with van der Waals surface area (Å²) in [7, 11) is 0. The standard InChI is InChI=1S/C12H10F5N3/c1-3(2)4-11(19-20-12(4)18)5-6(13)8(15)10(17)9(16)7(5)14/h3H,1-2H3,(H3,18,19,20). The molecule has 108 valence electrons. The van der Waals surface area contributed by atoms with Crippen molar-refractivity contribution in [1.82, 2.24) is 10.2 Å². The smallest absolute Gasteiger partial charge is 0.200 e. The van der Waals surface area contributed by atoms with Crippen LogP contribution in [0, 0.1) is 29.1 Å². The van der Waals surface area contributed by atoms with Crippen molar-refractivity contribution in [1.29, 1.82) is 0 Å². The minimum Gasteiger partial charge on any atom is -0.382 e. The van der Waals surface area contributed by atoms with Crippen LogP contribution in [0.1, 0.15) is 25.3 Å². The van der Waals surface area contributed by atoms with Gasteiger partial charge in [-0.05, 0) is 5.92 Å². The third-order valence-electron chi connectivity index (χ3n) is 2.87. The number of rotatable bonds is 2. The minimum atomic E-state index is -2.21. The molecule has 3 N–H and O–H groups in total. The molecule has 20 heavy (non-hydrogen) atoms. The van der Waals surface area contributed by atoms with Crippen LogP contribution in [-0.4, -0.2) is 10.2 Å². The molecule has 0 spiro atoms. The van der Waals surface area contributed by atoms with Crippen LogP contribution >= 0.6 is 0 Å². The van der Waals surface area contributed by atoms with E-state index in [0.29, 0.717) is 0 Å². The fourth-order valence-corrected chi connectivity index (χ4v) is 1.96. The highest BCUT2D eigenvalue weighted by Gasteiger charge is 2.30. The second-order valence-corrected chi connectivity index (χ2v) is 4.50. The summed E-state index contributed by atoms with van der Waals surface area (Å²) in [6.07, 6.45) is 0. The van der Waals surface area contributed by atoms with Crippen molar-refractivity contribution >= 4 is 5.82 Å². The van der Waals surface area contributed by atoms with Gasteiger partial charge in [-0.2, -0.15) is 5.10 Å². The highest BCUT2D eigenvalue weighted by atomic mass is 19.2. The Bertz CT molecular complexity index is 649. The second kappa shape index (κ2) is 4.77. The Morgan fingerprint density at radius 1 is 0.900 bits per heavy atom. The summed E-state index contributed by atoms with van der Waals surface area (Å²) in [5, 5.41) is 5.78. The number of hydrogen-bond donors (Lipinski definition) is 2. The van der Waals surface area contributed by atoms with Gasteiger partial charge in [-0.1, -0.05) is 13.8 Å². The summed E-state index contributed by atoms with van der Waals surface area (Å²) >= 11 is 0. The fraction of sp³-hybridized carbons (Fsp3) is 0.250. The largest absolute Gasteiger partial charge is 0.382 e. The molecule has 0 aliphatic heterocycles. The summed E-state index contributed by atoms with van der Waals surface area (Å²) in [6.45, 7) is 3.30. The molecule has 0 unspecified atom stereocenters. The molecule has 0 aliphatic rings. The van der Waals surface area contributed by atoms with E-state index < -0.39 is 34.6 Å². The lowest BCUT2D eigenvalue weighted by Crippen LogP contribution is -2.06. The maximum Gasteiger partial charge on any atom is 0.200 e. The monoisotopic (exact) mass is 291 g/mol. The second-order valence-electron chi connectivity index (χ2n) is 4.50. The number of halogens is 5. The van der Waals surface area contributed by atoms with E-state index in [-0.39, 0.29) is 23.0 Å². The van der Waals surface area contributed by atoms with E-state index in [9.17, 15) is 22.0 Å². The average molecular weight is 291 g/mol. The number of aromatic amines is 1. The summed E-state index contributed by atoms with van der Waals surface area (Å²) in [6, 6.07) is 0. The van der Waals surface area contributed by atoms with Crippen LogP contribution in [0.15, 0.2) is 0 Å². The zero-order valence-corrected chi connectivity index (χ0v) is 10.5. The van der Waals surface area contributed by atoms with Crippen LogP contribution in [0.4, 0.5) is 27.8 Å². The van der Waals surface area contributed by atoms with Crippen LogP contribution in [-0.2, 0) is 0 Å². The molecule has 1 heterocycles. The predicted molar refractivity (Wildman–Crippen MR) is 62.3 cm³/mol. The lowest BCUT2D eigenvalue weighted by Gasteiger charge is -2.10. The van der Waals surface area contributed by atoms with E-state index in [0.717, 1.165) is 0 Å². The van der Waals surface area contributed by atoms with Crippen LogP contribution in [0.3, 0.4) is 0 Å². The van der Waals surface area contributed by atoms with Crippen molar-refractivity contribution in [3.05, 3.63) is 34.6 Å². The van der Waals surface area contributed by atoms with E-state index in [1.54, 1.807) is 13.8 Å². The van der Waals surface area contributed by atoms with E-state index in [2.05, 4.69) is 10.2 Å². The summed E-state index contributed by atoms with van der Waals surface area (Å²) in [4.78, 5) is 0. The van der Waals surface area contributed by atoms with E-state index in [1.807, 2.05) is 0 Å². The molecule has 0 fully saturated rings. The highest BCUT2D eigenvalue weighted by Crippen LogP contribution is 2.36. The fourth-order valence-electron chi connectivity index (χ4n) is 1.96. The van der Waals surface area contributed by atoms with Gasteiger partial charge in [-0.15, -0.1) is 0 Å². The molecule has 8 heteroatoms. The maximum absolute atomic E-state index is 13.7. The molecular formula is C12H10F5N3. The third kappa shape index (κ3) is 1.91. The van der Waals surface area contributed by atoms with Crippen molar-refractivity contribution in [2.24, 2.45) is 0 Å². The number of anilines is 1. The molecule has 0 saturated carbocycles. The lowest BCUT2D eigenvalue weighted by molar-refractivity contribution is 0.381. The van der Waals surface area contributed by atoms with Crippen molar-refractivity contribution in [2.75, 3.05) is 5.73 Å². The molecule has 2 rings (SSSR count). The van der Waals surface area contributed by atoms with Gasteiger partial charge in [0.1, 0.15) is 5.82 Å². The topological polar surface area (TPSA) is 54.7 Å². The minimum absolute atomic E-state index is 0.0565. The zero-order chi connectivity index (χ0) is 15.2. The number of H-pyrrole nitrogens is 1. The number of nitrogens with zero attached hydrogens (tertiary/aromatic N) is 1. The van der Waals surface area contributed by atoms with Gasteiger partial charge in [0.25, 0.3) is 0 Å². The van der Waals surface area contributed by atoms with Gasteiger partial charge in [0.2, 0.25) is 5.82 Å². The zero-order valence-electron chi connectivity index (χ0n) is 10.5. The van der Waals surface area contributed by atoms with Gasteiger partial charge in [-0.3, -0.25) is 5.10 Å². The van der Waals surface area contributed by atoms with Crippen molar-refractivity contribution in [2.45, 2.75) is 19.8 Å². The summed E-state index contributed by atoms with van der Waals surface area (Å²) < 4.78 is 66.9. The number of nitrogens with two attached hydrogens (primary N) is 1. The molecule has 3 nitrogen and oxygen atoms in total. The number of aromatic nitrogens is 2. The first kappa shape index (κ1) is 14.3. The van der Waals surface area contributed by atoms with Crippen LogP contribution in [0.5, 0.6) is 0 Å². The van der Waals surface area contributed by atoms with E-state index >= 15 is 0 Å². The highest BCUT2D eigenvalue weighted by molar-refractivity contribution is 5.70. The third-order valence-corrected chi connectivity index (χ3v) is 2.87. The van der Waals surface area contributed by atoms with Gasteiger partial charge >= 0.3 is 0 Å². The maximum atomic E-state index is 13.7. The molecule has 0 radical (unpaired) electrons. The molecule has 0 saturated heterocycles. The van der Waals surface area contributed by atoms with E-state index in [1.165, 1.54) is 0 Å². The molecule has 1 aromatic heterocycles. The van der Waals surface area contributed by atoms with Gasteiger partial charge in [0, 0.05) is 5.56 Å². The summed E-state index contributed by atoms with van der Waals surface area (Å²) in [5.41, 5.74) is 4.35. The Morgan fingerprint density at radius 3 is 1.80 bits per heavy atom. The number of nitrogens with one attached hydrogen (secondary N) is 1. The molecule has 1 aromatic carbocycles. The Morgan fingerprint density at radius 2 is 1.35 bits per heavy atom. The normalized spacial score (nSPS) is 11.4. The Labute approximate surface area is 110 Å². The van der Waals surface area contributed by atoms with Crippen LogP contribution < -0.4 is 5.73 Å². The van der Waals surface area contributed by atoms with E-state index in [4.69, 9.17) is 5.73 Å². The SMILES string of the molecule is CC(C)c1c(N)n[nH]c1-c1c(F)c(F)c(F)c(F)c1F. The number of hydrogen-bond acceptors (Lipinski definition) is 2. The Hall–Kier alpha value is -2.12. The summed E-state index contributed by atoms with van der Waals surface area (Å²) in [5.74, 6) is -10.5. The number of benzene rings is 1. The number of nitrogen functional groups attached to an aromatic ring is 1. The molecule has 0 aliphatic carbocycles. The van der Waals surface area contributed by atoms with Crippen molar-refractivity contribution in [3.8, 4) is 11.3 Å². The quantitative estimate of drug-likeness (QED) is 0.505. The molecule has 0 atom stereocenters. The van der Waals surface area contributed by atoms with Crippen LogP contribution in [0.2, 0.25) is 0 Å². The van der Waals surface area contributed by atoms with Gasteiger partial charge in [-0.25, -0.2) is 22.0 Å². The lowest BCUT2D eigenvalue weighted by atomic mass is 9.97. The first-order valence-corrected chi connectivity index (χ1v) is 5.62. The predicted octanol–water partition coefficient (Wildman–Crippen LogP) is 3.48. The van der Waals surface area contributed by atoms with Gasteiger partial charge in [0.15, 0.2) is 23.3 Å². The molecule has 0 amide bonds. The first-order valence-electron chi connectivity index (χ1n) is 5.62. The van der Waals surface area contributed by atoms with Gasteiger partial charge in [0.05, 0.1) is 11.3 Å². The average Bonchev–Trinajstić information content (AvgIpc) is 2.76. The molecule has 0 bridgehead atoms.